The van der Waals surface area contributed by atoms with E-state index in [4.69, 9.17) is 5.73 Å². The van der Waals surface area contributed by atoms with Gasteiger partial charge in [0.25, 0.3) is 0 Å². The fourth-order valence-corrected chi connectivity index (χ4v) is 1.63. The van der Waals surface area contributed by atoms with E-state index in [9.17, 15) is 17.6 Å². The predicted molar refractivity (Wildman–Crippen MR) is 57.9 cm³/mol. The molecule has 17 heavy (non-hydrogen) atoms. The van der Waals surface area contributed by atoms with Crippen molar-refractivity contribution in [3.63, 3.8) is 0 Å². The van der Waals surface area contributed by atoms with Gasteiger partial charge in [0.1, 0.15) is 5.82 Å². The molecule has 0 aromatic heterocycles. The summed E-state index contributed by atoms with van der Waals surface area (Å²) in [5.41, 5.74) is 4.38. The van der Waals surface area contributed by atoms with Crippen LogP contribution in [0.25, 0.3) is 0 Å². The molecule has 0 unspecified atom stereocenters. The summed E-state index contributed by atoms with van der Waals surface area (Å²) in [5.74, 6) is -1.25. The lowest BCUT2D eigenvalue weighted by atomic mass is 9.99. The number of halogens is 4. The predicted octanol–water partition coefficient (Wildman–Crippen LogP) is 4.03. The van der Waals surface area contributed by atoms with Gasteiger partial charge in [-0.05, 0) is 12.5 Å². The second-order valence-electron chi connectivity index (χ2n) is 3.96. The molecule has 1 aromatic rings. The SMILES string of the molecule is CCCC[C@H](N)c1cccc(C(F)(F)F)c1F. The first-order valence-electron chi connectivity index (χ1n) is 5.49. The highest BCUT2D eigenvalue weighted by molar-refractivity contribution is 5.30. The Morgan fingerprint density at radius 1 is 1.29 bits per heavy atom. The Morgan fingerprint density at radius 3 is 2.47 bits per heavy atom. The maximum absolute atomic E-state index is 13.6. The normalized spacial score (nSPS) is 13.8. The van der Waals surface area contributed by atoms with Crippen LogP contribution in [0.5, 0.6) is 0 Å². The molecule has 0 fully saturated rings. The minimum atomic E-state index is -4.68. The van der Waals surface area contributed by atoms with Gasteiger partial charge in [-0.1, -0.05) is 31.9 Å². The number of unbranched alkanes of at least 4 members (excludes halogenated alkanes) is 1. The lowest BCUT2D eigenvalue weighted by molar-refractivity contribution is -0.140. The molecule has 0 aliphatic heterocycles. The van der Waals surface area contributed by atoms with Gasteiger partial charge < -0.3 is 5.73 Å². The van der Waals surface area contributed by atoms with Gasteiger partial charge in [-0.2, -0.15) is 13.2 Å². The summed E-state index contributed by atoms with van der Waals surface area (Å²) in [7, 11) is 0. The number of benzene rings is 1. The van der Waals surface area contributed by atoms with E-state index >= 15 is 0 Å². The van der Waals surface area contributed by atoms with Crippen LogP contribution in [-0.2, 0) is 6.18 Å². The zero-order chi connectivity index (χ0) is 13.1. The Morgan fingerprint density at radius 2 is 1.94 bits per heavy atom. The van der Waals surface area contributed by atoms with Gasteiger partial charge >= 0.3 is 6.18 Å². The second-order valence-corrected chi connectivity index (χ2v) is 3.96. The van der Waals surface area contributed by atoms with Crippen LogP contribution < -0.4 is 5.73 Å². The third-order valence-electron chi connectivity index (χ3n) is 2.60. The molecular weight excluding hydrogens is 234 g/mol. The van der Waals surface area contributed by atoms with Crippen LogP contribution in [0.4, 0.5) is 17.6 Å². The van der Waals surface area contributed by atoms with Gasteiger partial charge in [-0.3, -0.25) is 0 Å². The number of rotatable bonds is 4. The van der Waals surface area contributed by atoms with Crippen molar-refractivity contribution in [1.29, 1.82) is 0 Å². The molecule has 0 aliphatic rings. The van der Waals surface area contributed by atoms with Crippen LogP contribution in [0.1, 0.15) is 43.4 Å². The molecule has 0 saturated heterocycles. The first kappa shape index (κ1) is 14.0. The highest BCUT2D eigenvalue weighted by Crippen LogP contribution is 2.34. The van der Waals surface area contributed by atoms with Crippen LogP contribution in [0.15, 0.2) is 18.2 Å². The molecule has 0 heterocycles. The summed E-state index contributed by atoms with van der Waals surface area (Å²) >= 11 is 0. The molecule has 1 nitrogen and oxygen atoms in total. The molecule has 0 aliphatic carbocycles. The van der Waals surface area contributed by atoms with Gasteiger partial charge in [0, 0.05) is 11.6 Å². The van der Waals surface area contributed by atoms with Gasteiger partial charge in [0.15, 0.2) is 0 Å². The molecule has 0 spiro atoms. The van der Waals surface area contributed by atoms with Gasteiger partial charge in [-0.15, -0.1) is 0 Å². The second kappa shape index (κ2) is 5.49. The molecule has 1 atom stereocenters. The van der Waals surface area contributed by atoms with Crippen LogP contribution in [-0.4, -0.2) is 0 Å². The van der Waals surface area contributed by atoms with E-state index in [0.717, 1.165) is 18.9 Å². The largest absolute Gasteiger partial charge is 0.419 e. The van der Waals surface area contributed by atoms with Crippen molar-refractivity contribution in [2.45, 2.75) is 38.4 Å². The Kier molecular flexibility index (Phi) is 4.51. The van der Waals surface area contributed by atoms with Crippen molar-refractivity contribution in [3.05, 3.63) is 35.1 Å². The van der Waals surface area contributed by atoms with Gasteiger partial charge in [0.05, 0.1) is 5.56 Å². The Balaban J connectivity index is 3.02. The fraction of sp³-hybridized carbons (Fsp3) is 0.500. The number of alkyl halides is 3. The molecule has 0 radical (unpaired) electrons. The first-order valence-corrected chi connectivity index (χ1v) is 5.49. The average Bonchev–Trinajstić information content (AvgIpc) is 2.24. The summed E-state index contributed by atoms with van der Waals surface area (Å²) in [4.78, 5) is 0. The van der Waals surface area contributed by atoms with E-state index in [1.54, 1.807) is 0 Å². The molecule has 2 N–H and O–H groups in total. The molecule has 0 saturated carbocycles. The van der Waals surface area contributed by atoms with Crippen LogP contribution in [0.3, 0.4) is 0 Å². The molecular formula is C12H15F4N. The maximum Gasteiger partial charge on any atom is 0.419 e. The minimum Gasteiger partial charge on any atom is -0.324 e. The van der Waals surface area contributed by atoms with Crippen LogP contribution in [0.2, 0.25) is 0 Å². The molecule has 1 aromatic carbocycles. The van der Waals surface area contributed by atoms with Gasteiger partial charge in [-0.25, -0.2) is 4.39 Å². The molecule has 1 rings (SSSR count). The third kappa shape index (κ3) is 3.43. The van der Waals surface area contributed by atoms with Crippen molar-refractivity contribution in [3.8, 4) is 0 Å². The number of nitrogens with two attached hydrogens (primary N) is 1. The van der Waals surface area contributed by atoms with E-state index in [1.165, 1.54) is 12.1 Å². The highest BCUT2D eigenvalue weighted by atomic mass is 19.4. The Bertz CT molecular complexity index is 373. The summed E-state index contributed by atoms with van der Waals surface area (Å²) in [6, 6.07) is 2.54. The summed E-state index contributed by atoms with van der Waals surface area (Å²) in [6.45, 7) is 1.94. The third-order valence-corrected chi connectivity index (χ3v) is 2.60. The summed E-state index contributed by atoms with van der Waals surface area (Å²) in [6.07, 6.45) is -2.57. The minimum absolute atomic E-state index is 0.0618. The molecule has 5 heteroatoms. The lowest BCUT2D eigenvalue weighted by Crippen LogP contribution is -2.16. The lowest BCUT2D eigenvalue weighted by Gasteiger charge is -2.15. The zero-order valence-electron chi connectivity index (χ0n) is 9.52. The van der Waals surface area contributed by atoms with Gasteiger partial charge in [0.2, 0.25) is 0 Å². The standard InChI is InChI=1S/C12H15F4N/c1-2-3-7-10(17)8-5-4-6-9(11(8)13)12(14,15)16/h4-6,10H,2-3,7,17H2,1H3/t10-/m0/s1. The quantitative estimate of drug-likeness (QED) is 0.801. The van der Waals surface area contributed by atoms with Crippen LogP contribution in [0, 0.1) is 5.82 Å². The molecule has 96 valence electrons. The highest BCUT2D eigenvalue weighted by Gasteiger charge is 2.35. The fourth-order valence-electron chi connectivity index (χ4n) is 1.63. The van der Waals surface area contributed by atoms with E-state index in [1.807, 2.05) is 6.92 Å². The number of hydrogen-bond acceptors (Lipinski definition) is 1. The molecule has 0 bridgehead atoms. The van der Waals surface area contributed by atoms with E-state index in [-0.39, 0.29) is 5.56 Å². The summed E-state index contributed by atoms with van der Waals surface area (Å²) < 4.78 is 51.0. The van der Waals surface area contributed by atoms with Crippen molar-refractivity contribution in [2.75, 3.05) is 0 Å². The smallest absolute Gasteiger partial charge is 0.324 e. The monoisotopic (exact) mass is 249 g/mol. The maximum atomic E-state index is 13.6. The van der Waals surface area contributed by atoms with Crippen molar-refractivity contribution < 1.29 is 17.6 Å². The Hall–Kier alpha value is -1.10. The molecule has 0 amide bonds. The zero-order valence-corrected chi connectivity index (χ0v) is 9.52. The Labute approximate surface area is 97.6 Å². The summed E-state index contributed by atoms with van der Waals surface area (Å²) in [5, 5.41) is 0. The topological polar surface area (TPSA) is 26.0 Å². The van der Waals surface area contributed by atoms with Crippen LogP contribution >= 0.6 is 0 Å². The van der Waals surface area contributed by atoms with E-state index < -0.39 is 23.6 Å². The number of hydrogen-bond donors (Lipinski definition) is 1. The average molecular weight is 249 g/mol. The van der Waals surface area contributed by atoms with E-state index in [2.05, 4.69) is 0 Å². The first-order chi connectivity index (χ1) is 7.88. The van der Waals surface area contributed by atoms with E-state index in [0.29, 0.717) is 6.42 Å². The van der Waals surface area contributed by atoms with Crippen molar-refractivity contribution in [1.82, 2.24) is 0 Å². The van der Waals surface area contributed by atoms with Crippen molar-refractivity contribution >= 4 is 0 Å². The van der Waals surface area contributed by atoms with Crippen molar-refractivity contribution in [2.24, 2.45) is 5.73 Å².